The number of methoxy groups -OCH3 is 1. The number of ether oxygens (including phenoxy) is 4. The van der Waals surface area contributed by atoms with Crippen LogP contribution in [0.1, 0.15) is 0 Å². The summed E-state index contributed by atoms with van der Waals surface area (Å²) < 4.78 is 19.3. The van der Waals surface area contributed by atoms with Crippen LogP contribution in [0.15, 0.2) is 0 Å². The molecule has 1 saturated heterocycles. The summed E-state index contributed by atoms with van der Waals surface area (Å²) in [5, 5.41) is 0. The summed E-state index contributed by atoms with van der Waals surface area (Å²) in [7, 11) is 1.26. The fourth-order valence-corrected chi connectivity index (χ4v) is 0.853. The molecule has 1 aliphatic rings. The van der Waals surface area contributed by atoms with Gasteiger partial charge in [-0.2, -0.15) is 0 Å². The molecule has 12 heavy (non-hydrogen) atoms. The van der Waals surface area contributed by atoms with Gasteiger partial charge in [0.2, 0.25) is 0 Å². The lowest BCUT2D eigenvalue weighted by Crippen LogP contribution is -2.33. The number of carbonyl (C=O) groups excluding carboxylic acids is 1. The molecule has 1 fully saturated rings. The van der Waals surface area contributed by atoms with Crippen molar-refractivity contribution in [3.05, 3.63) is 0 Å². The molecule has 0 aromatic carbocycles. The average Bonchev–Trinajstić information content (AvgIpc) is 2.16. The first kappa shape index (κ1) is 9.28. The lowest BCUT2D eigenvalue weighted by atomic mass is 10.4. The molecule has 0 spiro atoms. The second kappa shape index (κ2) is 4.95. The van der Waals surface area contributed by atoms with Crippen LogP contribution in [-0.2, 0) is 18.9 Å². The fourth-order valence-electron chi connectivity index (χ4n) is 0.853. The molecule has 0 saturated carbocycles. The van der Waals surface area contributed by atoms with Gasteiger partial charge >= 0.3 is 6.16 Å². The van der Waals surface area contributed by atoms with Crippen LogP contribution in [0.4, 0.5) is 4.79 Å². The Labute approximate surface area is 70.5 Å². The second-order valence-electron chi connectivity index (χ2n) is 2.33. The molecule has 5 heteroatoms. The first-order valence-electron chi connectivity index (χ1n) is 3.73. The van der Waals surface area contributed by atoms with Gasteiger partial charge in [-0.15, -0.1) is 0 Å². The van der Waals surface area contributed by atoms with Crippen molar-refractivity contribution in [2.75, 3.05) is 33.5 Å². The Bertz CT molecular complexity index is 141. The zero-order chi connectivity index (χ0) is 8.81. The van der Waals surface area contributed by atoms with E-state index >= 15 is 0 Å². The molecule has 70 valence electrons. The normalized spacial score (nSPS) is 23.2. The predicted octanol–water partition coefficient (Wildman–Crippen LogP) is 0.185. The van der Waals surface area contributed by atoms with Crippen molar-refractivity contribution in [1.29, 1.82) is 0 Å². The highest BCUT2D eigenvalue weighted by Crippen LogP contribution is 2.01. The Hall–Kier alpha value is -0.810. The Morgan fingerprint density at radius 1 is 1.58 bits per heavy atom. The summed E-state index contributed by atoms with van der Waals surface area (Å²) in [4.78, 5) is 10.5. The standard InChI is InChI=1S/C7H12O5/c1-9-7(8)12-5-6-4-10-2-3-11-6/h6H,2-5H2,1H3. The van der Waals surface area contributed by atoms with E-state index in [4.69, 9.17) is 9.47 Å². The van der Waals surface area contributed by atoms with Gasteiger partial charge in [0, 0.05) is 0 Å². The fraction of sp³-hybridized carbons (Fsp3) is 0.857. The summed E-state index contributed by atoms with van der Waals surface area (Å²) in [5.41, 5.74) is 0. The predicted molar refractivity (Wildman–Crippen MR) is 38.9 cm³/mol. The van der Waals surface area contributed by atoms with Gasteiger partial charge in [-0.05, 0) is 0 Å². The molecule has 1 unspecified atom stereocenters. The van der Waals surface area contributed by atoms with E-state index in [1.165, 1.54) is 7.11 Å². The zero-order valence-corrected chi connectivity index (χ0v) is 6.95. The molecule has 0 radical (unpaired) electrons. The van der Waals surface area contributed by atoms with Crippen LogP contribution < -0.4 is 0 Å². The van der Waals surface area contributed by atoms with Crippen molar-refractivity contribution >= 4 is 6.16 Å². The van der Waals surface area contributed by atoms with Crippen molar-refractivity contribution < 1.29 is 23.7 Å². The van der Waals surface area contributed by atoms with Gasteiger partial charge in [0.05, 0.1) is 26.9 Å². The molecule has 5 nitrogen and oxygen atoms in total. The lowest BCUT2D eigenvalue weighted by molar-refractivity contribution is -0.109. The third-order valence-corrected chi connectivity index (χ3v) is 1.44. The van der Waals surface area contributed by atoms with Crippen molar-refractivity contribution in [2.45, 2.75) is 6.10 Å². The summed E-state index contributed by atoms with van der Waals surface area (Å²) in [6.07, 6.45) is -0.845. The maximum atomic E-state index is 10.5. The van der Waals surface area contributed by atoms with E-state index in [2.05, 4.69) is 9.47 Å². The maximum Gasteiger partial charge on any atom is 0.508 e. The van der Waals surface area contributed by atoms with Crippen LogP contribution in [0.25, 0.3) is 0 Å². The molecule has 1 aliphatic heterocycles. The van der Waals surface area contributed by atoms with Crippen molar-refractivity contribution in [3.63, 3.8) is 0 Å². The van der Waals surface area contributed by atoms with Crippen LogP contribution in [0.2, 0.25) is 0 Å². The van der Waals surface area contributed by atoms with E-state index in [0.717, 1.165) is 0 Å². The smallest absolute Gasteiger partial charge is 0.438 e. The molecule has 0 aromatic heterocycles. The monoisotopic (exact) mass is 176 g/mol. The Morgan fingerprint density at radius 2 is 2.42 bits per heavy atom. The molecule has 1 atom stereocenters. The van der Waals surface area contributed by atoms with Crippen LogP contribution >= 0.6 is 0 Å². The number of rotatable bonds is 2. The molecule has 0 aromatic rings. The first-order valence-corrected chi connectivity index (χ1v) is 3.73. The third-order valence-electron chi connectivity index (χ3n) is 1.44. The van der Waals surface area contributed by atoms with Crippen LogP contribution in [0.5, 0.6) is 0 Å². The lowest BCUT2D eigenvalue weighted by Gasteiger charge is -2.21. The SMILES string of the molecule is COC(=O)OCC1COCCO1. The second-order valence-corrected chi connectivity index (χ2v) is 2.33. The highest BCUT2D eigenvalue weighted by atomic mass is 16.7. The summed E-state index contributed by atoms with van der Waals surface area (Å²) >= 11 is 0. The molecular weight excluding hydrogens is 164 g/mol. The number of hydrogen-bond donors (Lipinski definition) is 0. The van der Waals surface area contributed by atoms with E-state index in [-0.39, 0.29) is 12.7 Å². The van der Waals surface area contributed by atoms with Gasteiger partial charge in [0.25, 0.3) is 0 Å². The highest BCUT2D eigenvalue weighted by Gasteiger charge is 2.16. The number of hydrogen-bond acceptors (Lipinski definition) is 5. The van der Waals surface area contributed by atoms with Gasteiger partial charge in [-0.1, -0.05) is 0 Å². The highest BCUT2D eigenvalue weighted by molar-refractivity contribution is 5.59. The van der Waals surface area contributed by atoms with Crippen LogP contribution in [-0.4, -0.2) is 45.8 Å². The summed E-state index contributed by atoms with van der Waals surface area (Å²) in [5.74, 6) is 0. The molecule has 0 amide bonds. The zero-order valence-electron chi connectivity index (χ0n) is 6.95. The Balaban J connectivity index is 2.09. The minimum absolute atomic E-state index is 0.155. The maximum absolute atomic E-state index is 10.5. The summed E-state index contributed by atoms with van der Waals surface area (Å²) in [6, 6.07) is 0. The average molecular weight is 176 g/mol. The molecule has 0 N–H and O–H groups in total. The van der Waals surface area contributed by atoms with E-state index in [9.17, 15) is 4.79 Å². The Morgan fingerprint density at radius 3 is 3.00 bits per heavy atom. The van der Waals surface area contributed by atoms with Crippen molar-refractivity contribution in [3.8, 4) is 0 Å². The van der Waals surface area contributed by atoms with E-state index < -0.39 is 6.16 Å². The Kier molecular flexibility index (Phi) is 3.83. The van der Waals surface area contributed by atoms with Crippen molar-refractivity contribution in [2.24, 2.45) is 0 Å². The molecule has 1 rings (SSSR count). The van der Waals surface area contributed by atoms with Gasteiger partial charge in [0.1, 0.15) is 12.7 Å². The van der Waals surface area contributed by atoms with Gasteiger partial charge < -0.3 is 18.9 Å². The van der Waals surface area contributed by atoms with E-state index in [1.807, 2.05) is 0 Å². The van der Waals surface area contributed by atoms with Gasteiger partial charge in [-0.3, -0.25) is 0 Å². The first-order chi connectivity index (χ1) is 5.83. The minimum atomic E-state index is -0.691. The van der Waals surface area contributed by atoms with E-state index in [1.54, 1.807) is 0 Å². The topological polar surface area (TPSA) is 54.0 Å². The molecule has 1 heterocycles. The van der Waals surface area contributed by atoms with Crippen molar-refractivity contribution in [1.82, 2.24) is 0 Å². The van der Waals surface area contributed by atoms with Gasteiger partial charge in [-0.25, -0.2) is 4.79 Å². The van der Waals surface area contributed by atoms with Crippen LogP contribution in [0, 0.1) is 0 Å². The summed E-state index contributed by atoms with van der Waals surface area (Å²) in [6.45, 7) is 1.81. The van der Waals surface area contributed by atoms with Crippen LogP contribution in [0.3, 0.4) is 0 Å². The minimum Gasteiger partial charge on any atom is -0.438 e. The largest absolute Gasteiger partial charge is 0.508 e. The molecule has 0 bridgehead atoms. The quantitative estimate of drug-likeness (QED) is 0.562. The van der Waals surface area contributed by atoms with E-state index in [0.29, 0.717) is 19.8 Å². The molecular formula is C7H12O5. The third kappa shape index (κ3) is 3.06. The molecule has 0 aliphatic carbocycles. The number of carbonyl (C=O) groups is 1. The van der Waals surface area contributed by atoms with Gasteiger partial charge in [0.15, 0.2) is 0 Å².